The van der Waals surface area contributed by atoms with Gasteiger partial charge in [-0.05, 0) is 29.2 Å². The molecule has 32 heavy (non-hydrogen) atoms. The van der Waals surface area contributed by atoms with Gasteiger partial charge in [-0.25, -0.2) is 9.59 Å². The summed E-state index contributed by atoms with van der Waals surface area (Å²) in [6.07, 6.45) is -0.601. The molecule has 8 heteroatoms. The molecule has 2 atom stereocenters. The summed E-state index contributed by atoms with van der Waals surface area (Å²) in [6, 6.07) is 16.0. The van der Waals surface area contributed by atoms with Gasteiger partial charge in [0, 0.05) is 6.42 Å². The first-order chi connectivity index (χ1) is 15.3. The van der Waals surface area contributed by atoms with Gasteiger partial charge in [0.15, 0.2) is 0 Å². The maximum Gasteiger partial charge on any atom is 0.408 e. The number of alkyl carbamates (subject to hydrolysis) is 1. The molecule has 0 radical (unpaired) electrons. The SMILES string of the molecule is COC(=O)[C@@H](Cc1cccc(C#N)c1)NC(=O)[C@@H](NC(=O)OCc1ccccc1)C(C)C. The molecule has 2 amide bonds. The van der Waals surface area contributed by atoms with E-state index in [2.05, 4.69) is 10.6 Å². The molecule has 0 saturated carbocycles. The number of carbonyl (C=O) groups excluding carboxylic acids is 3. The van der Waals surface area contributed by atoms with E-state index < -0.39 is 30.1 Å². The molecule has 0 unspecified atom stereocenters. The summed E-state index contributed by atoms with van der Waals surface area (Å²) in [5.41, 5.74) is 1.95. The fourth-order valence-corrected chi connectivity index (χ4v) is 3.03. The number of nitriles is 1. The third-order valence-corrected chi connectivity index (χ3v) is 4.73. The number of hydrogen-bond donors (Lipinski definition) is 2. The minimum Gasteiger partial charge on any atom is -0.467 e. The zero-order chi connectivity index (χ0) is 23.5. The molecule has 0 fully saturated rings. The fraction of sp³-hybridized carbons (Fsp3) is 0.333. The Bertz CT molecular complexity index is 969. The van der Waals surface area contributed by atoms with Crippen LogP contribution in [0.25, 0.3) is 0 Å². The van der Waals surface area contributed by atoms with E-state index in [1.807, 2.05) is 36.4 Å². The van der Waals surface area contributed by atoms with E-state index in [0.717, 1.165) is 5.56 Å². The highest BCUT2D eigenvalue weighted by atomic mass is 16.5. The van der Waals surface area contributed by atoms with Gasteiger partial charge >= 0.3 is 12.1 Å². The average Bonchev–Trinajstić information content (AvgIpc) is 2.80. The van der Waals surface area contributed by atoms with Crippen molar-refractivity contribution in [1.29, 1.82) is 5.26 Å². The molecule has 0 aliphatic heterocycles. The number of amides is 2. The van der Waals surface area contributed by atoms with Crippen molar-refractivity contribution in [2.45, 2.75) is 39.0 Å². The number of hydrogen-bond acceptors (Lipinski definition) is 6. The molecular formula is C24H27N3O5. The Balaban J connectivity index is 2.04. The summed E-state index contributed by atoms with van der Waals surface area (Å²) in [7, 11) is 1.23. The smallest absolute Gasteiger partial charge is 0.408 e. The van der Waals surface area contributed by atoms with E-state index in [0.29, 0.717) is 11.1 Å². The minimum atomic E-state index is -0.982. The van der Waals surface area contributed by atoms with Crippen LogP contribution >= 0.6 is 0 Å². The molecule has 2 N–H and O–H groups in total. The Labute approximate surface area is 187 Å². The van der Waals surface area contributed by atoms with Crippen LogP contribution in [0.1, 0.15) is 30.5 Å². The number of carbonyl (C=O) groups is 3. The van der Waals surface area contributed by atoms with E-state index in [1.54, 1.807) is 38.1 Å². The zero-order valence-corrected chi connectivity index (χ0v) is 18.3. The first-order valence-electron chi connectivity index (χ1n) is 10.2. The summed E-state index contributed by atoms with van der Waals surface area (Å²) >= 11 is 0. The summed E-state index contributed by atoms with van der Waals surface area (Å²) in [4.78, 5) is 37.4. The molecule has 0 aliphatic carbocycles. The zero-order valence-electron chi connectivity index (χ0n) is 18.3. The maximum absolute atomic E-state index is 12.9. The maximum atomic E-state index is 12.9. The van der Waals surface area contributed by atoms with Gasteiger partial charge in [0.1, 0.15) is 18.7 Å². The second kappa shape index (κ2) is 12.1. The summed E-state index contributed by atoms with van der Waals surface area (Å²) in [6.45, 7) is 3.61. The summed E-state index contributed by atoms with van der Waals surface area (Å²) < 4.78 is 10.0. The third-order valence-electron chi connectivity index (χ3n) is 4.73. The molecule has 0 bridgehead atoms. The van der Waals surface area contributed by atoms with Crippen molar-refractivity contribution in [2.24, 2.45) is 5.92 Å². The van der Waals surface area contributed by atoms with Crippen LogP contribution in [0.2, 0.25) is 0 Å². The lowest BCUT2D eigenvalue weighted by atomic mass is 10.0. The van der Waals surface area contributed by atoms with Crippen LogP contribution in [0.4, 0.5) is 4.79 Å². The van der Waals surface area contributed by atoms with Crippen molar-refractivity contribution in [1.82, 2.24) is 10.6 Å². The van der Waals surface area contributed by atoms with Crippen LogP contribution < -0.4 is 10.6 Å². The second-order valence-corrected chi connectivity index (χ2v) is 7.53. The Morgan fingerprint density at radius 1 is 1.00 bits per heavy atom. The Morgan fingerprint density at radius 3 is 2.31 bits per heavy atom. The van der Waals surface area contributed by atoms with Gasteiger partial charge in [0.2, 0.25) is 5.91 Å². The van der Waals surface area contributed by atoms with Crippen LogP contribution in [-0.2, 0) is 32.1 Å². The second-order valence-electron chi connectivity index (χ2n) is 7.53. The van der Waals surface area contributed by atoms with Gasteiger partial charge < -0.3 is 20.1 Å². The van der Waals surface area contributed by atoms with Crippen molar-refractivity contribution < 1.29 is 23.9 Å². The van der Waals surface area contributed by atoms with Crippen LogP contribution in [0.5, 0.6) is 0 Å². The highest BCUT2D eigenvalue weighted by Crippen LogP contribution is 2.10. The van der Waals surface area contributed by atoms with Gasteiger partial charge in [-0.2, -0.15) is 5.26 Å². The standard InChI is InChI=1S/C24H27N3O5/c1-16(2)21(27-24(30)32-15-17-8-5-4-6-9-17)22(28)26-20(23(29)31-3)13-18-10-7-11-19(12-18)14-25/h4-12,16,20-21H,13,15H2,1-3H3,(H,26,28)(H,27,30)/t20-,21+/m1/s1. The van der Waals surface area contributed by atoms with Crippen molar-refractivity contribution in [3.05, 3.63) is 71.3 Å². The number of rotatable bonds is 9. The number of nitrogens with zero attached hydrogens (tertiary/aromatic N) is 1. The first kappa shape index (κ1) is 24.4. The van der Waals surface area contributed by atoms with E-state index in [4.69, 9.17) is 14.7 Å². The van der Waals surface area contributed by atoms with Crippen molar-refractivity contribution >= 4 is 18.0 Å². The van der Waals surface area contributed by atoms with E-state index >= 15 is 0 Å². The Kier molecular flexibility index (Phi) is 9.23. The predicted octanol–water partition coefficient (Wildman–Crippen LogP) is 2.71. The lowest BCUT2D eigenvalue weighted by molar-refractivity contribution is -0.145. The molecular weight excluding hydrogens is 410 g/mol. The van der Waals surface area contributed by atoms with E-state index in [-0.39, 0.29) is 18.9 Å². The highest BCUT2D eigenvalue weighted by molar-refractivity contribution is 5.90. The van der Waals surface area contributed by atoms with Crippen molar-refractivity contribution in [2.75, 3.05) is 7.11 Å². The quantitative estimate of drug-likeness (QED) is 0.583. The normalized spacial score (nSPS) is 12.2. The summed E-state index contributed by atoms with van der Waals surface area (Å²) in [5.74, 6) is -1.43. The molecule has 0 spiro atoms. The molecule has 2 rings (SSSR count). The Morgan fingerprint density at radius 2 is 1.69 bits per heavy atom. The largest absolute Gasteiger partial charge is 0.467 e. The summed E-state index contributed by atoms with van der Waals surface area (Å²) in [5, 5.41) is 14.3. The molecule has 0 saturated heterocycles. The van der Waals surface area contributed by atoms with Crippen LogP contribution in [0.3, 0.4) is 0 Å². The first-order valence-corrected chi connectivity index (χ1v) is 10.2. The van der Waals surface area contributed by atoms with Crippen molar-refractivity contribution in [3.8, 4) is 6.07 Å². The average molecular weight is 437 g/mol. The van der Waals surface area contributed by atoms with E-state index in [9.17, 15) is 14.4 Å². The highest BCUT2D eigenvalue weighted by Gasteiger charge is 2.29. The number of benzene rings is 2. The molecule has 0 aromatic heterocycles. The van der Waals surface area contributed by atoms with Gasteiger partial charge in [0.05, 0.1) is 18.7 Å². The van der Waals surface area contributed by atoms with Gasteiger partial charge in [-0.15, -0.1) is 0 Å². The molecule has 8 nitrogen and oxygen atoms in total. The fourth-order valence-electron chi connectivity index (χ4n) is 3.03. The Hall–Kier alpha value is -3.86. The van der Waals surface area contributed by atoms with Crippen LogP contribution in [0.15, 0.2) is 54.6 Å². The van der Waals surface area contributed by atoms with E-state index in [1.165, 1.54) is 7.11 Å². The predicted molar refractivity (Wildman–Crippen MR) is 117 cm³/mol. The number of methoxy groups -OCH3 is 1. The van der Waals surface area contributed by atoms with Gasteiger partial charge in [-0.3, -0.25) is 4.79 Å². The van der Waals surface area contributed by atoms with Crippen LogP contribution in [-0.4, -0.2) is 37.2 Å². The molecule has 2 aromatic rings. The number of nitrogens with one attached hydrogen (secondary N) is 2. The third kappa shape index (κ3) is 7.43. The minimum absolute atomic E-state index is 0.0686. The van der Waals surface area contributed by atoms with Gasteiger partial charge in [0.25, 0.3) is 0 Å². The molecule has 0 aliphatic rings. The van der Waals surface area contributed by atoms with Gasteiger partial charge in [-0.1, -0.05) is 56.3 Å². The lowest BCUT2D eigenvalue weighted by Crippen LogP contribution is -2.54. The van der Waals surface area contributed by atoms with Crippen LogP contribution in [0, 0.1) is 17.2 Å². The van der Waals surface area contributed by atoms with Crippen molar-refractivity contribution in [3.63, 3.8) is 0 Å². The number of esters is 1. The monoisotopic (exact) mass is 437 g/mol. The lowest BCUT2D eigenvalue weighted by Gasteiger charge is -2.24. The molecule has 168 valence electrons. The number of ether oxygens (including phenoxy) is 2. The topological polar surface area (TPSA) is 118 Å². The molecule has 0 heterocycles. The molecule has 2 aromatic carbocycles.